The molecule has 0 radical (unpaired) electrons. The number of fused-ring (bicyclic) bond motifs is 12. The average molecular weight is 811 g/mol. The van der Waals surface area contributed by atoms with Gasteiger partial charge in [0.05, 0.1) is 28.1 Å². The minimum atomic E-state index is 0.988. The van der Waals surface area contributed by atoms with E-state index in [2.05, 4.69) is 210 Å². The lowest BCUT2D eigenvalue weighted by Crippen LogP contribution is -2.24. The quantitative estimate of drug-likeness (QED) is 0.109. The molecule has 4 nitrogen and oxygen atoms in total. The van der Waals surface area contributed by atoms with Crippen molar-refractivity contribution in [2.45, 2.75) is 9.79 Å². The Morgan fingerprint density at radius 3 is 1.82 bits per heavy atom. The van der Waals surface area contributed by atoms with Gasteiger partial charge in [0.25, 0.3) is 0 Å². The Hall–Kier alpha value is -7.57. The molecule has 0 saturated carbocycles. The fraction of sp³-hybridized carbons (Fsp3) is 0.0175. The first kappa shape index (κ1) is 35.2. The predicted molar refractivity (Wildman–Crippen MR) is 265 cm³/mol. The van der Waals surface area contributed by atoms with Crippen molar-refractivity contribution < 1.29 is 0 Å². The van der Waals surface area contributed by atoms with Crippen molar-refractivity contribution in [2.75, 3.05) is 17.0 Å². The Kier molecular flexibility index (Phi) is 7.65. The zero-order valence-electron chi connectivity index (χ0n) is 33.9. The molecule has 1 aromatic heterocycles. The molecular weight excluding hydrogens is 773 g/mol. The van der Waals surface area contributed by atoms with E-state index >= 15 is 0 Å². The highest BCUT2D eigenvalue weighted by Crippen LogP contribution is 2.54. The number of nitrogens with two attached hydrogens (primary N) is 1. The summed E-state index contributed by atoms with van der Waals surface area (Å²) in [6.45, 7) is 0. The van der Waals surface area contributed by atoms with Gasteiger partial charge in [-0.05, 0) is 144 Å². The summed E-state index contributed by atoms with van der Waals surface area (Å²) in [5.74, 6) is 6.08. The van der Waals surface area contributed by atoms with Gasteiger partial charge in [-0.3, -0.25) is 0 Å². The van der Waals surface area contributed by atoms with E-state index in [1.807, 2.05) is 18.8 Å². The maximum atomic E-state index is 6.08. The molecule has 62 heavy (non-hydrogen) atoms. The molecule has 11 aromatic carbocycles. The highest BCUT2D eigenvalue weighted by atomic mass is 32.2. The number of hydrazine groups is 1. The lowest BCUT2D eigenvalue weighted by Gasteiger charge is -2.33. The lowest BCUT2D eigenvalue weighted by atomic mass is 9.99. The lowest BCUT2D eigenvalue weighted by molar-refractivity contribution is 1.02. The van der Waals surface area contributed by atoms with E-state index in [0.717, 1.165) is 17.1 Å². The van der Waals surface area contributed by atoms with Gasteiger partial charge < -0.3 is 14.5 Å². The normalized spacial score (nSPS) is 12.6. The van der Waals surface area contributed by atoms with Crippen molar-refractivity contribution >= 4 is 110 Å². The van der Waals surface area contributed by atoms with Gasteiger partial charge in [0.2, 0.25) is 0 Å². The Bertz CT molecular complexity index is 3840. The van der Waals surface area contributed by atoms with Gasteiger partial charge in [0.1, 0.15) is 0 Å². The van der Waals surface area contributed by atoms with Crippen LogP contribution in [0.25, 0.3) is 92.5 Å². The zero-order chi connectivity index (χ0) is 41.1. The summed E-state index contributed by atoms with van der Waals surface area (Å²) in [4.78, 5) is 4.94. The average Bonchev–Trinajstić information content (AvgIpc) is 3.66. The summed E-state index contributed by atoms with van der Waals surface area (Å²) in [6, 6.07) is 74.0. The second-order valence-corrected chi connectivity index (χ2v) is 17.6. The molecule has 0 unspecified atom stereocenters. The SMILES string of the molecule is CN(N)c1ccc2c(ccc3cc(-n4c5ccc(-c6ccc7c(c6)Sc6cc8ccccc8cc6N7c6ccc7ccccc7c6)cc5c5c6ccccc6ccc54)ccc32)c1. The summed E-state index contributed by atoms with van der Waals surface area (Å²) in [5.41, 5.74) is 10.5. The molecule has 0 fully saturated rings. The Morgan fingerprint density at radius 2 is 1.00 bits per heavy atom. The summed E-state index contributed by atoms with van der Waals surface area (Å²) in [7, 11) is 1.87. The molecule has 13 rings (SSSR count). The topological polar surface area (TPSA) is 37.4 Å². The van der Waals surface area contributed by atoms with Gasteiger partial charge in [0.15, 0.2) is 0 Å². The second-order valence-electron chi connectivity index (χ2n) is 16.6. The van der Waals surface area contributed by atoms with Crippen LogP contribution in [0.3, 0.4) is 0 Å². The molecule has 5 heteroatoms. The van der Waals surface area contributed by atoms with Crippen LogP contribution < -0.4 is 15.8 Å². The van der Waals surface area contributed by atoms with Crippen LogP contribution in [0.2, 0.25) is 0 Å². The maximum Gasteiger partial charge on any atom is 0.0608 e. The van der Waals surface area contributed by atoms with Gasteiger partial charge in [0, 0.05) is 39.0 Å². The molecule has 2 heterocycles. The molecular formula is C57H38N4S. The van der Waals surface area contributed by atoms with Crippen molar-refractivity contribution in [3.05, 3.63) is 200 Å². The summed E-state index contributed by atoms with van der Waals surface area (Å²) < 4.78 is 2.45. The molecule has 2 N–H and O–H groups in total. The van der Waals surface area contributed by atoms with Crippen LogP contribution in [-0.2, 0) is 0 Å². The largest absolute Gasteiger partial charge is 0.314 e. The van der Waals surface area contributed by atoms with Gasteiger partial charge in [-0.2, -0.15) is 0 Å². The van der Waals surface area contributed by atoms with Gasteiger partial charge in [-0.25, -0.2) is 5.84 Å². The standard InChI is InChI=1S/C57H38N4S/c1-59(58)44-21-23-47-42(29-44)14-15-43-30-46(22-24-48(43)47)60-51-25-18-40(31-50(51)57-49-13-7-6-9-36(49)17-27-53(57)60)41-19-26-52-55(34-41)62-56-33-39-12-5-4-11-38(39)32-54(56)61(52)45-20-16-35-8-2-3-10-37(35)28-45/h2-34H,58H2,1H3. The van der Waals surface area contributed by atoms with Crippen molar-refractivity contribution in [1.29, 1.82) is 0 Å². The molecule has 0 saturated heterocycles. The highest BCUT2D eigenvalue weighted by Gasteiger charge is 2.27. The van der Waals surface area contributed by atoms with Gasteiger partial charge in [-0.15, -0.1) is 0 Å². The fourth-order valence-electron chi connectivity index (χ4n) is 9.92. The first-order valence-corrected chi connectivity index (χ1v) is 21.9. The molecule has 0 bridgehead atoms. The van der Waals surface area contributed by atoms with E-state index in [9.17, 15) is 0 Å². The Labute approximate surface area is 362 Å². The van der Waals surface area contributed by atoms with E-state index in [1.165, 1.54) is 108 Å². The molecule has 0 spiro atoms. The Morgan fingerprint density at radius 1 is 0.403 bits per heavy atom. The number of anilines is 4. The highest BCUT2D eigenvalue weighted by molar-refractivity contribution is 7.99. The van der Waals surface area contributed by atoms with E-state index in [0.29, 0.717) is 0 Å². The van der Waals surface area contributed by atoms with E-state index in [4.69, 9.17) is 5.84 Å². The van der Waals surface area contributed by atoms with Crippen molar-refractivity contribution in [3.63, 3.8) is 0 Å². The van der Waals surface area contributed by atoms with Crippen LogP contribution in [0.1, 0.15) is 0 Å². The number of aromatic nitrogens is 1. The number of hydrogen-bond donors (Lipinski definition) is 1. The van der Waals surface area contributed by atoms with Crippen LogP contribution in [0.4, 0.5) is 22.7 Å². The molecule has 292 valence electrons. The monoisotopic (exact) mass is 810 g/mol. The van der Waals surface area contributed by atoms with Crippen LogP contribution >= 0.6 is 11.8 Å². The van der Waals surface area contributed by atoms with Gasteiger partial charge in [-0.1, -0.05) is 133 Å². The summed E-state index contributed by atoms with van der Waals surface area (Å²) >= 11 is 1.87. The molecule has 12 aromatic rings. The summed E-state index contributed by atoms with van der Waals surface area (Å²) in [5, 5.41) is 16.5. The third kappa shape index (κ3) is 5.39. The summed E-state index contributed by atoms with van der Waals surface area (Å²) in [6.07, 6.45) is 0. The van der Waals surface area contributed by atoms with E-state index in [-0.39, 0.29) is 0 Å². The van der Waals surface area contributed by atoms with E-state index in [1.54, 1.807) is 5.01 Å². The molecule has 0 amide bonds. The van der Waals surface area contributed by atoms with Crippen molar-refractivity contribution in [1.82, 2.24) is 4.57 Å². The number of nitrogens with zero attached hydrogens (tertiary/aromatic N) is 3. The van der Waals surface area contributed by atoms with Crippen LogP contribution in [0, 0.1) is 0 Å². The minimum Gasteiger partial charge on any atom is -0.314 e. The maximum absolute atomic E-state index is 6.08. The van der Waals surface area contributed by atoms with Crippen LogP contribution in [-0.4, -0.2) is 11.6 Å². The zero-order valence-corrected chi connectivity index (χ0v) is 34.7. The van der Waals surface area contributed by atoms with Crippen molar-refractivity contribution in [2.24, 2.45) is 5.84 Å². The number of rotatable bonds is 4. The minimum absolute atomic E-state index is 0.988. The van der Waals surface area contributed by atoms with Gasteiger partial charge >= 0.3 is 0 Å². The second kappa shape index (κ2) is 13.5. The van der Waals surface area contributed by atoms with Crippen molar-refractivity contribution in [3.8, 4) is 16.8 Å². The van der Waals surface area contributed by atoms with Crippen LogP contribution in [0.15, 0.2) is 210 Å². The molecule has 1 aliphatic rings. The smallest absolute Gasteiger partial charge is 0.0608 e. The first-order chi connectivity index (χ1) is 30.5. The third-order valence-corrected chi connectivity index (χ3v) is 14.0. The number of hydrogen-bond acceptors (Lipinski definition) is 4. The third-order valence-electron chi connectivity index (χ3n) is 12.9. The molecule has 0 atom stereocenters. The van der Waals surface area contributed by atoms with Crippen LogP contribution in [0.5, 0.6) is 0 Å². The molecule has 1 aliphatic heterocycles. The molecule has 0 aliphatic carbocycles. The first-order valence-electron chi connectivity index (χ1n) is 21.1. The predicted octanol–water partition coefficient (Wildman–Crippen LogP) is 15.5. The number of benzene rings is 11. The fourth-order valence-corrected chi connectivity index (χ4v) is 11.0. The Balaban J connectivity index is 0.978. The van der Waals surface area contributed by atoms with E-state index < -0.39 is 0 Å².